The minimum atomic E-state index is -0.0212. The zero-order chi connectivity index (χ0) is 20.8. The zero-order valence-corrected chi connectivity index (χ0v) is 17.6. The summed E-state index contributed by atoms with van der Waals surface area (Å²) in [5.74, 6) is 1.03. The summed E-state index contributed by atoms with van der Waals surface area (Å²) in [5, 5.41) is 13.2. The van der Waals surface area contributed by atoms with Gasteiger partial charge in [0.1, 0.15) is 0 Å². The number of carbonyl (C=O) groups is 1. The molecule has 30 heavy (non-hydrogen) atoms. The van der Waals surface area contributed by atoms with Gasteiger partial charge in [-0.15, -0.1) is 21.5 Å². The van der Waals surface area contributed by atoms with E-state index in [0.29, 0.717) is 31.0 Å². The lowest BCUT2D eigenvalue weighted by atomic mass is 10.0. The first kappa shape index (κ1) is 20.0. The van der Waals surface area contributed by atoms with Gasteiger partial charge in [0, 0.05) is 17.7 Å². The van der Waals surface area contributed by atoms with Crippen LogP contribution < -0.4 is 5.32 Å². The number of hydrogen-bond donors (Lipinski definition) is 1. The third-order valence-electron chi connectivity index (χ3n) is 4.84. The number of aryl methyl sites for hydroxylation is 1. The third kappa shape index (κ3) is 5.21. The van der Waals surface area contributed by atoms with Gasteiger partial charge in [0.05, 0.1) is 12.5 Å². The molecule has 6 heteroatoms. The van der Waals surface area contributed by atoms with Crippen LogP contribution in [-0.4, -0.2) is 16.1 Å². The Balaban J connectivity index is 1.28. The summed E-state index contributed by atoms with van der Waals surface area (Å²) >= 11 is 1.64. The van der Waals surface area contributed by atoms with Crippen molar-refractivity contribution in [2.45, 2.75) is 32.2 Å². The predicted molar refractivity (Wildman–Crippen MR) is 118 cm³/mol. The van der Waals surface area contributed by atoms with Crippen molar-refractivity contribution in [1.82, 2.24) is 15.5 Å². The molecule has 0 unspecified atom stereocenters. The van der Waals surface area contributed by atoms with E-state index < -0.39 is 0 Å². The maximum Gasteiger partial charge on any atom is 0.221 e. The second kappa shape index (κ2) is 9.50. The molecule has 0 aliphatic rings. The van der Waals surface area contributed by atoms with Crippen molar-refractivity contribution in [2.75, 3.05) is 0 Å². The van der Waals surface area contributed by atoms with Crippen molar-refractivity contribution in [3.05, 3.63) is 94.3 Å². The van der Waals surface area contributed by atoms with Crippen molar-refractivity contribution in [2.24, 2.45) is 0 Å². The summed E-state index contributed by atoms with van der Waals surface area (Å²) < 4.78 is 5.73. The molecule has 2 heterocycles. The Kier molecular flexibility index (Phi) is 6.35. The number of nitrogens with zero attached hydrogens (tertiary/aromatic N) is 2. The maximum atomic E-state index is 12.2. The highest BCUT2D eigenvalue weighted by atomic mass is 32.1. The fourth-order valence-corrected chi connectivity index (χ4v) is 3.96. The molecular formula is C24H23N3O2S. The van der Waals surface area contributed by atoms with Crippen molar-refractivity contribution >= 4 is 17.2 Å². The Morgan fingerprint density at radius 3 is 2.43 bits per heavy atom. The lowest BCUT2D eigenvalue weighted by molar-refractivity contribution is -0.121. The molecule has 0 saturated carbocycles. The molecule has 4 aromatic rings. The van der Waals surface area contributed by atoms with E-state index in [9.17, 15) is 4.79 Å². The molecule has 1 N–H and O–H groups in total. The van der Waals surface area contributed by atoms with E-state index in [1.54, 1.807) is 11.3 Å². The standard InChI is InChI=1S/C24H23N3O2S/c1-17(21-8-5-15-30-21)25-22(28)13-14-23-26-27-24(29-23)16-18-9-11-20(12-10-18)19-6-3-2-4-7-19/h2-12,15,17H,13-14,16H2,1H3,(H,25,28)/t17-/m0/s1. The van der Waals surface area contributed by atoms with Gasteiger partial charge in [-0.1, -0.05) is 60.7 Å². The van der Waals surface area contributed by atoms with Crippen LogP contribution in [0.15, 0.2) is 76.5 Å². The maximum absolute atomic E-state index is 12.2. The van der Waals surface area contributed by atoms with Crippen LogP contribution in [0, 0.1) is 0 Å². The lowest BCUT2D eigenvalue weighted by Gasteiger charge is -2.11. The van der Waals surface area contributed by atoms with Crippen LogP contribution in [0.25, 0.3) is 11.1 Å². The number of carbonyl (C=O) groups excluding carboxylic acids is 1. The number of nitrogens with one attached hydrogen (secondary N) is 1. The Morgan fingerprint density at radius 2 is 1.70 bits per heavy atom. The van der Waals surface area contributed by atoms with E-state index in [2.05, 4.69) is 51.9 Å². The van der Waals surface area contributed by atoms with Crippen LogP contribution >= 0.6 is 11.3 Å². The highest BCUT2D eigenvalue weighted by Crippen LogP contribution is 2.21. The van der Waals surface area contributed by atoms with Gasteiger partial charge in [0.25, 0.3) is 0 Å². The van der Waals surface area contributed by atoms with Gasteiger partial charge in [-0.2, -0.15) is 0 Å². The minimum Gasteiger partial charge on any atom is -0.425 e. The van der Waals surface area contributed by atoms with Crippen LogP contribution in [0.3, 0.4) is 0 Å². The first-order valence-electron chi connectivity index (χ1n) is 9.96. The highest BCUT2D eigenvalue weighted by Gasteiger charge is 2.13. The smallest absolute Gasteiger partial charge is 0.221 e. The lowest BCUT2D eigenvalue weighted by Crippen LogP contribution is -2.26. The second-order valence-electron chi connectivity index (χ2n) is 7.13. The van der Waals surface area contributed by atoms with Crippen molar-refractivity contribution in [1.29, 1.82) is 0 Å². The van der Waals surface area contributed by atoms with E-state index in [1.807, 2.05) is 42.6 Å². The predicted octanol–water partition coefficient (Wildman–Crippen LogP) is 5.20. The first-order valence-corrected chi connectivity index (χ1v) is 10.8. The Hall–Kier alpha value is -3.25. The monoisotopic (exact) mass is 417 g/mol. The number of amides is 1. The Morgan fingerprint density at radius 1 is 0.967 bits per heavy atom. The van der Waals surface area contributed by atoms with Gasteiger partial charge < -0.3 is 9.73 Å². The number of benzene rings is 2. The van der Waals surface area contributed by atoms with Gasteiger partial charge >= 0.3 is 0 Å². The fourth-order valence-electron chi connectivity index (χ4n) is 3.22. The molecular weight excluding hydrogens is 394 g/mol. The van der Waals surface area contributed by atoms with Crippen LogP contribution in [0.1, 0.15) is 41.6 Å². The molecule has 1 atom stereocenters. The first-order chi connectivity index (χ1) is 14.7. The molecule has 2 aromatic carbocycles. The van der Waals surface area contributed by atoms with Gasteiger partial charge in [-0.3, -0.25) is 4.79 Å². The molecule has 0 radical (unpaired) electrons. The minimum absolute atomic E-state index is 0.00889. The largest absolute Gasteiger partial charge is 0.425 e. The summed E-state index contributed by atoms with van der Waals surface area (Å²) in [5.41, 5.74) is 3.47. The van der Waals surface area contributed by atoms with E-state index in [1.165, 1.54) is 11.1 Å². The number of aromatic nitrogens is 2. The molecule has 0 aliphatic carbocycles. The third-order valence-corrected chi connectivity index (χ3v) is 5.89. The Bertz CT molecular complexity index is 1070. The Labute approximate surface area is 179 Å². The highest BCUT2D eigenvalue weighted by molar-refractivity contribution is 7.10. The van der Waals surface area contributed by atoms with Crippen LogP contribution in [-0.2, 0) is 17.6 Å². The van der Waals surface area contributed by atoms with E-state index in [0.717, 1.165) is 10.4 Å². The SMILES string of the molecule is C[C@H](NC(=O)CCc1nnc(Cc2ccc(-c3ccccc3)cc2)o1)c1cccs1. The molecule has 0 spiro atoms. The molecule has 5 nitrogen and oxygen atoms in total. The molecule has 4 rings (SSSR count). The van der Waals surface area contributed by atoms with Crippen molar-refractivity contribution < 1.29 is 9.21 Å². The van der Waals surface area contributed by atoms with Gasteiger partial charge in [-0.25, -0.2) is 0 Å². The summed E-state index contributed by atoms with van der Waals surface area (Å²) in [6.07, 6.45) is 1.33. The van der Waals surface area contributed by atoms with Crippen LogP contribution in [0.4, 0.5) is 0 Å². The average molecular weight is 418 g/mol. The molecule has 0 aliphatic heterocycles. The van der Waals surface area contributed by atoms with Crippen molar-refractivity contribution in [3.8, 4) is 11.1 Å². The summed E-state index contributed by atoms with van der Waals surface area (Å²) in [4.78, 5) is 13.3. The van der Waals surface area contributed by atoms with E-state index >= 15 is 0 Å². The quantitative estimate of drug-likeness (QED) is 0.428. The summed E-state index contributed by atoms with van der Waals surface area (Å²) in [6.45, 7) is 1.98. The van der Waals surface area contributed by atoms with Crippen LogP contribution in [0.5, 0.6) is 0 Å². The number of thiophene rings is 1. The molecule has 1 amide bonds. The molecule has 0 saturated heterocycles. The van der Waals surface area contributed by atoms with Crippen molar-refractivity contribution in [3.63, 3.8) is 0 Å². The fraction of sp³-hybridized carbons (Fsp3) is 0.208. The average Bonchev–Trinajstić information content (AvgIpc) is 3.46. The molecule has 0 bridgehead atoms. The molecule has 152 valence electrons. The van der Waals surface area contributed by atoms with E-state index in [4.69, 9.17) is 4.42 Å². The van der Waals surface area contributed by atoms with E-state index in [-0.39, 0.29) is 11.9 Å². The normalized spacial score (nSPS) is 11.9. The van der Waals surface area contributed by atoms with Crippen LogP contribution in [0.2, 0.25) is 0 Å². The molecule has 0 fully saturated rings. The second-order valence-corrected chi connectivity index (χ2v) is 8.11. The van der Waals surface area contributed by atoms with Gasteiger partial charge in [0.2, 0.25) is 17.7 Å². The topological polar surface area (TPSA) is 68.0 Å². The summed E-state index contributed by atoms with van der Waals surface area (Å²) in [7, 11) is 0. The molecule has 2 aromatic heterocycles. The summed E-state index contributed by atoms with van der Waals surface area (Å²) in [6, 6.07) is 22.6. The van der Waals surface area contributed by atoms with Gasteiger partial charge in [0.15, 0.2) is 0 Å². The number of rotatable bonds is 8. The van der Waals surface area contributed by atoms with Gasteiger partial charge in [-0.05, 0) is 35.1 Å². The zero-order valence-electron chi connectivity index (χ0n) is 16.7. The number of hydrogen-bond acceptors (Lipinski definition) is 5.